The molecule has 5 rings (SSSR count). The number of fused-ring (bicyclic) bond motifs is 1. The molecule has 0 bridgehead atoms. The van der Waals surface area contributed by atoms with Gasteiger partial charge in [-0.3, -0.25) is 0 Å². The third-order valence-electron chi connectivity index (χ3n) is 6.41. The van der Waals surface area contributed by atoms with Gasteiger partial charge in [-0.05, 0) is 76.2 Å². The Labute approximate surface area is 212 Å². The molecule has 0 aromatic heterocycles. The van der Waals surface area contributed by atoms with Crippen LogP contribution in [0.25, 0.3) is 33.9 Å². The highest BCUT2D eigenvalue weighted by atomic mass is 16.7. The van der Waals surface area contributed by atoms with E-state index in [0.717, 1.165) is 50.5 Å². The van der Waals surface area contributed by atoms with Gasteiger partial charge in [-0.1, -0.05) is 67.3 Å². The van der Waals surface area contributed by atoms with Crippen molar-refractivity contribution in [1.29, 1.82) is 0 Å². The lowest BCUT2D eigenvalue weighted by Gasteiger charge is -2.17. The van der Waals surface area contributed by atoms with Gasteiger partial charge < -0.3 is 18.9 Å². The van der Waals surface area contributed by atoms with E-state index >= 15 is 0 Å². The van der Waals surface area contributed by atoms with Crippen molar-refractivity contribution in [3.8, 4) is 45.3 Å². The van der Waals surface area contributed by atoms with Crippen molar-refractivity contribution in [3.05, 3.63) is 108 Å². The number of aryl methyl sites for hydroxylation is 1. The second-order valence-electron chi connectivity index (χ2n) is 8.57. The largest absolute Gasteiger partial charge is 0.493 e. The first-order valence-corrected chi connectivity index (χ1v) is 11.8. The van der Waals surface area contributed by atoms with Crippen molar-refractivity contribution >= 4 is 11.6 Å². The normalized spacial score (nSPS) is 12.4. The van der Waals surface area contributed by atoms with Gasteiger partial charge >= 0.3 is 0 Å². The first-order valence-electron chi connectivity index (χ1n) is 11.8. The van der Waals surface area contributed by atoms with E-state index in [2.05, 4.69) is 62.0 Å². The van der Waals surface area contributed by atoms with Gasteiger partial charge in [0, 0.05) is 5.56 Å². The Bertz CT molecular complexity index is 1430. The molecule has 4 aromatic carbocycles. The van der Waals surface area contributed by atoms with Crippen LogP contribution in [0.4, 0.5) is 0 Å². The van der Waals surface area contributed by atoms with Crippen LogP contribution in [0.15, 0.2) is 91.5 Å². The van der Waals surface area contributed by atoms with Crippen LogP contribution in [0.3, 0.4) is 0 Å². The zero-order valence-corrected chi connectivity index (χ0v) is 20.7. The van der Waals surface area contributed by atoms with E-state index in [4.69, 9.17) is 18.9 Å². The van der Waals surface area contributed by atoms with E-state index in [1.165, 1.54) is 5.56 Å². The molecule has 4 nitrogen and oxygen atoms in total. The molecule has 0 atom stereocenters. The maximum atomic E-state index is 5.79. The Morgan fingerprint density at radius 3 is 2.14 bits per heavy atom. The van der Waals surface area contributed by atoms with Gasteiger partial charge in [0.15, 0.2) is 23.0 Å². The maximum absolute atomic E-state index is 5.79. The van der Waals surface area contributed by atoms with Gasteiger partial charge in [0.25, 0.3) is 0 Å². The Hall–Kier alpha value is -4.44. The Morgan fingerprint density at radius 2 is 1.47 bits per heavy atom. The van der Waals surface area contributed by atoms with Gasteiger partial charge in [-0.15, -0.1) is 0 Å². The summed E-state index contributed by atoms with van der Waals surface area (Å²) < 4.78 is 22.6. The Morgan fingerprint density at radius 1 is 0.806 bits per heavy atom. The summed E-state index contributed by atoms with van der Waals surface area (Å²) in [5.74, 6) is 2.88. The number of benzene rings is 4. The second-order valence-corrected chi connectivity index (χ2v) is 8.57. The SMILES string of the molecule is C=C/C(=C\c1cc2c(cc1C)OCO2)c1cc(OC)c(OC)c(-c2ccc(-c3ccccc3)cc2)c1. The first-order chi connectivity index (χ1) is 17.6. The molecule has 4 aromatic rings. The Balaban J connectivity index is 1.59. The topological polar surface area (TPSA) is 36.9 Å². The molecule has 0 saturated heterocycles. The molecular formula is C32H28O4. The van der Waals surface area contributed by atoms with Crippen LogP contribution in [0.5, 0.6) is 23.0 Å². The van der Waals surface area contributed by atoms with Gasteiger partial charge in [0.2, 0.25) is 6.79 Å². The molecule has 0 aliphatic carbocycles. The van der Waals surface area contributed by atoms with Crippen molar-refractivity contribution in [1.82, 2.24) is 0 Å². The lowest BCUT2D eigenvalue weighted by molar-refractivity contribution is 0.174. The van der Waals surface area contributed by atoms with Gasteiger partial charge in [0.1, 0.15) is 0 Å². The molecule has 0 N–H and O–H groups in total. The highest BCUT2D eigenvalue weighted by Crippen LogP contribution is 2.42. The van der Waals surface area contributed by atoms with Crippen LogP contribution in [-0.4, -0.2) is 21.0 Å². The molecular weight excluding hydrogens is 448 g/mol. The molecule has 0 saturated carbocycles. The van der Waals surface area contributed by atoms with E-state index in [1.54, 1.807) is 14.2 Å². The number of hydrogen-bond acceptors (Lipinski definition) is 4. The summed E-state index contributed by atoms with van der Waals surface area (Å²) in [7, 11) is 3.32. The predicted octanol–water partition coefficient (Wildman–Crippen LogP) is 7.80. The summed E-state index contributed by atoms with van der Waals surface area (Å²) in [4.78, 5) is 0. The smallest absolute Gasteiger partial charge is 0.231 e. The second kappa shape index (κ2) is 10.0. The fraction of sp³-hybridized carbons (Fsp3) is 0.125. The quantitative estimate of drug-likeness (QED) is 0.201. The summed E-state index contributed by atoms with van der Waals surface area (Å²) in [6.45, 7) is 6.39. The molecule has 0 fully saturated rings. The van der Waals surface area contributed by atoms with Crippen LogP contribution in [0.2, 0.25) is 0 Å². The molecule has 0 spiro atoms. The molecule has 36 heavy (non-hydrogen) atoms. The zero-order chi connectivity index (χ0) is 25.1. The molecule has 0 amide bonds. The van der Waals surface area contributed by atoms with E-state index in [9.17, 15) is 0 Å². The number of hydrogen-bond donors (Lipinski definition) is 0. The van der Waals surface area contributed by atoms with E-state index in [1.807, 2.05) is 42.5 Å². The van der Waals surface area contributed by atoms with Crippen LogP contribution in [0.1, 0.15) is 16.7 Å². The van der Waals surface area contributed by atoms with Crippen molar-refractivity contribution in [2.45, 2.75) is 6.92 Å². The zero-order valence-electron chi connectivity index (χ0n) is 20.7. The van der Waals surface area contributed by atoms with Crippen molar-refractivity contribution in [2.75, 3.05) is 21.0 Å². The molecule has 0 unspecified atom stereocenters. The van der Waals surface area contributed by atoms with Crippen LogP contribution in [0, 0.1) is 6.92 Å². The van der Waals surface area contributed by atoms with E-state index in [-0.39, 0.29) is 6.79 Å². The fourth-order valence-corrected chi connectivity index (χ4v) is 4.46. The van der Waals surface area contributed by atoms with E-state index < -0.39 is 0 Å². The molecule has 0 radical (unpaired) electrons. The minimum Gasteiger partial charge on any atom is -0.493 e. The molecule has 180 valence electrons. The average molecular weight is 477 g/mol. The third kappa shape index (κ3) is 4.46. The highest BCUT2D eigenvalue weighted by Gasteiger charge is 2.18. The number of ether oxygens (including phenoxy) is 4. The molecule has 1 aliphatic heterocycles. The average Bonchev–Trinajstić information content (AvgIpc) is 3.38. The van der Waals surface area contributed by atoms with Crippen LogP contribution < -0.4 is 18.9 Å². The summed E-state index contributed by atoms with van der Waals surface area (Å²) >= 11 is 0. The van der Waals surface area contributed by atoms with Gasteiger partial charge in [-0.2, -0.15) is 0 Å². The van der Waals surface area contributed by atoms with Crippen molar-refractivity contribution < 1.29 is 18.9 Å². The lowest BCUT2D eigenvalue weighted by Crippen LogP contribution is -1.96. The number of methoxy groups -OCH3 is 2. The predicted molar refractivity (Wildman–Crippen MR) is 146 cm³/mol. The summed E-state index contributed by atoms with van der Waals surface area (Å²) in [5, 5.41) is 0. The van der Waals surface area contributed by atoms with Crippen LogP contribution in [-0.2, 0) is 0 Å². The minimum absolute atomic E-state index is 0.248. The molecule has 1 heterocycles. The minimum atomic E-state index is 0.248. The van der Waals surface area contributed by atoms with Crippen molar-refractivity contribution in [3.63, 3.8) is 0 Å². The standard InChI is InChI=1S/C32H28O4/c1-5-22(16-26-18-30-29(15-21(26)2)35-20-36-30)27-17-28(32(34-4)31(19-27)33-3)25-13-11-24(12-14-25)23-9-7-6-8-10-23/h5-19H,1,20H2,2-4H3/b22-16+. The summed E-state index contributed by atoms with van der Waals surface area (Å²) in [6, 6.07) is 26.9. The van der Waals surface area contributed by atoms with E-state index in [0.29, 0.717) is 11.5 Å². The van der Waals surface area contributed by atoms with Gasteiger partial charge in [0.05, 0.1) is 14.2 Å². The molecule has 4 heteroatoms. The Kier molecular flexibility index (Phi) is 6.50. The highest BCUT2D eigenvalue weighted by molar-refractivity contribution is 5.91. The van der Waals surface area contributed by atoms with Crippen molar-refractivity contribution in [2.24, 2.45) is 0 Å². The third-order valence-corrected chi connectivity index (χ3v) is 6.41. The summed E-state index contributed by atoms with van der Waals surface area (Å²) in [6.07, 6.45) is 3.96. The number of allylic oxidation sites excluding steroid dienone is 2. The summed E-state index contributed by atoms with van der Waals surface area (Å²) in [5.41, 5.74) is 8.39. The maximum Gasteiger partial charge on any atom is 0.231 e. The lowest BCUT2D eigenvalue weighted by atomic mass is 9.94. The van der Waals surface area contributed by atoms with Gasteiger partial charge in [-0.25, -0.2) is 0 Å². The monoisotopic (exact) mass is 476 g/mol. The fourth-order valence-electron chi connectivity index (χ4n) is 4.46. The first kappa shape index (κ1) is 23.3. The number of rotatable bonds is 7. The molecule has 1 aliphatic rings. The van der Waals surface area contributed by atoms with Crippen LogP contribution >= 0.6 is 0 Å².